The van der Waals surface area contributed by atoms with E-state index in [-0.39, 0.29) is 5.82 Å². The molecule has 2 rings (SSSR count). The number of aryl methyl sites for hydroxylation is 2. The molecule has 0 fully saturated rings. The lowest BCUT2D eigenvalue weighted by molar-refractivity contribution is 0.630. The quantitative estimate of drug-likeness (QED) is 0.667. The van der Waals surface area contributed by atoms with Crippen molar-refractivity contribution in [3.8, 4) is 11.1 Å². The molecule has 0 radical (unpaired) electrons. The van der Waals surface area contributed by atoms with Gasteiger partial charge in [-0.25, -0.2) is 4.39 Å². The molecule has 0 aliphatic rings. The maximum Gasteiger partial charge on any atom is 0.131 e. The van der Waals surface area contributed by atoms with Crippen molar-refractivity contribution in [3.05, 3.63) is 58.4 Å². The van der Waals surface area contributed by atoms with Crippen molar-refractivity contribution >= 4 is 11.6 Å². The van der Waals surface area contributed by atoms with Crippen molar-refractivity contribution in [2.24, 2.45) is 0 Å². The van der Waals surface area contributed by atoms with Crippen LogP contribution < -0.4 is 0 Å². The van der Waals surface area contributed by atoms with Crippen molar-refractivity contribution in [3.63, 3.8) is 0 Å². The van der Waals surface area contributed by atoms with Gasteiger partial charge in [0, 0.05) is 16.1 Å². The molecule has 82 valence electrons. The maximum absolute atomic E-state index is 13.8. The molecule has 2 aromatic rings. The summed E-state index contributed by atoms with van der Waals surface area (Å²) < 4.78 is 13.8. The highest BCUT2D eigenvalue weighted by Gasteiger charge is 2.10. The minimum absolute atomic E-state index is 0.226. The van der Waals surface area contributed by atoms with Gasteiger partial charge in [0.05, 0.1) is 0 Å². The molecular weight excluding hydrogens is 223 g/mol. The molecule has 0 unspecified atom stereocenters. The SMILES string of the molecule is Cc1ccc(-c2c(C)cccc2Cl)c(F)c1. The zero-order chi connectivity index (χ0) is 11.7. The lowest BCUT2D eigenvalue weighted by atomic mass is 9.99. The van der Waals surface area contributed by atoms with Crippen LogP contribution in [0, 0.1) is 19.7 Å². The molecule has 2 aromatic carbocycles. The van der Waals surface area contributed by atoms with Crippen molar-refractivity contribution in [1.82, 2.24) is 0 Å². The second-order valence-corrected chi connectivity index (χ2v) is 4.32. The Morgan fingerprint density at radius 1 is 1.06 bits per heavy atom. The van der Waals surface area contributed by atoms with E-state index in [0.29, 0.717) is 10.6 Å². The monoisotopic (exact) mass is 234 g/mol. The van der Waals surface area contributed by atoms with Gasteiger partial charge in [0.15, 0.2) is 0 Å². The zero-order valence-electron chi connectivity index (χ0n) is 9.22. The summed E-state index contributed by atoms with van der Waals surface area (Å²) in [5, 5.41) is 0.586. The highest BCUT2D eigenvalue weighted by atomic mass is 35.5. The lowest BCUT2D eigenvalue weighted by Gasteiger charge is -2.09. The minimum atomic E-state index is -0.226. The highest BCUT2D eigenvalue weighted by molar-refractivity contribution is 6.33. The molecule has 0 aromatic heterocycles. The largest absolute Gasteiger partial charge is 0.206 e. The first kappa shape index (κ1) is 11.2. The summed E-state index contributed by atoms with van der Waals surface area (Å²) >= 11 is 6.11. The highest BCUT2D eigenvalue weighted by Crippen LogP contribution is 2.32. The maximum atomic E-state index is 13.8. The van der Waals surface area contributed by atoms with E-state index in [0.717, 1.165) is 16.7 Å². The van der Waals surface area contributed by atoms with E-state index >= 15 is 0 Å². The van der Waals surface area contributed by atoms with Gasteiger partial charge < -0.3 is 0 Å². The van der Waals surface area contributed by atoms with E-state index in [1.165, 1.54) is 6.07 Å². The molecule has 0 aliphatic carbocycles. The van der Waals surface area contributed by atoms with E-state index in [4.69, 9.17) is 11.6 Å². The number of hydrogen-bond donors (Lipinski definition) is 0. The summed E-state index contributed by atoms with van der Waals surface area (Å²) in [7, 11) is 0. The number of benzene rings is 2. The van der Waals surface area contributed by atoms with Crippen LogP contribution in [-0.4, -0.2) is 0 Å². The summed E-state index contributed by atoms with van der Waals surface area (Å²) in [5.41, 5.74) is 3.23. The van der Waals surface area contributed by atoms with E-state index < -0.39 is 0 Å². The lowest BCUT2D eigenvalue weighted by Crippen LogP contribution is -1.89. The van der Waals surface area contributed by atoms with Crippen LogP contribution in [-0.2, 0) is 0 Å². The molecule has 0 N–H and O–H groups in total. The van der Waals surface area contributed by atoms with Crippen LogP contribution in [0.4, 0.5) is 4.39 Å². The van der Waals surface area contributed by atoms with Gasteiger partial charge in [-0.2, -0.15) is 0 Å². The Morgan fingerprint density at radius 3 is 2.44 bits per heavy atom. The van der Waals surface area contributed by atoms with Crippen LogP contribution in [0.25, 0.3) is 11.1 Å². The minimum Gasteiger partial charge on any atom is -0.206 e. The van der Waals surface area contributed by atoms with Crippen LogP contribution in [0.2, 0.25) is 5.02 Å². The average Bonchev–Trinajstić information content (AvgIpc) is 2.20. The van der Waals surface area contributed by atoms with Gasteiger partial charge in [-0.3, -0.25) is 0 Å². The van der Waals surface area contributed by atoms with Crippen LogP contribution in [0.3, 0.4) is 0 Å². The summed E-state index contributed by atoms with van der Waals surface area (Å²) in [5.74, 6) is -0.226. The molecule has 0 saturated carbocycles. The Hall–Kier alpha value is -1.34. The predicted molar refractivity (Wildman–Crippen MR) is 66.3 cm³/mol. The van der Waals surface area contributed by atoms with Gasteiger partial charge in [0.2, 0.25) is 0 Å². The Bertz CT molecular complexity index is 512. The van der Waals surface area contributed by atoms with Crippen molar-refractivity contribution in [2.45, 2.75) is 13.8 Å². The van der Waals surface area contributed by atoms with Crippen LogP contribution >= 0.6 is 11.6 Å². The first-order valence-electron chi connectivity index (χ1n) is 5.11. The molecule has 0 heterocycles. The van der Waals surface area contributed by atoms with Gasteiger partial charge >= 0.3 is 0 Å². The van der Waals surface area contributed by atoms with E-state index in [1.54, 1.807) is 12.1 Å². The Morgan fingerprint density at radius 2 is 1.81 bits per heavy atom. The van der Waals surface area contributed by atoms with Gasteiger partial charge in [0.25, 0.3) is 0 Å². The number of hydrogen-bond acceptors (Lipinski definition) is 0. The van der Waals surface area contributed by atoms with Crippen LogP contribution in [0.15, 0.2) is 36.4 Å². The second-order valence-electron chi connectivity index (χ2n) is 3.92. The smallest absolute Gasteiger partial charge is 0.131 e. The van der Waals surface area contributed by atoms with Crippen LogP contribution in [0.5, 0.6) is 0 Å². The average molecular weight is 235 g/mol. The van der Waals surface area contributed by atoms with Gasteiger partial charge in [-0.15, -0.1) is 0 Å². The third-order valence-corrected chi connectivity index (χ3v) is 2.93. The molecule has 2 heteroatoms. The molecule has 0 spiro atoms. The fourth-order valence-electron chi connectivity index (χ4n) is 1.80. The van der Waals surface area contributed by atoms with Gasteiger partial charge in [-0.05, 0) is 37.1 Å². The van der Waals surface area contributed by atoms with Gasteiger partial charge in [-0.1, -0.05) is 35.9 Å². The second kappa shape index (κ2) is 4.26. The van der Waals surface area contributed by atoms with E-state index in [1.807, 2.05) is 32.0 Å². The Balaban J connectivity index is 2.68. The third-order valence-electron chi connectivity index (χ3n) is 2.62. The zero-order valence-corrected chi connectivity index (χ0v) is 9.98. The molecular formula is C14H12ClF. The summed E-state index contributed by atoms with van der Waals surface area (Å²) in [6.07, 6.45) is 0. The summed E-state index contributed by atoms with van der Waals surface area (Å²) in [6, 6.07) is 10.8. The van der Waals surface area contributed by atoms with Crippen molar-refractivity contribution < 1.29 is 4.39 Å². The Kier molecular flexibility index (Phi) is 2.97. The molecule has 0 aliphatic heterocycles. The van der Waals surface area contributed by atoms with Crippen molar-refractivity contribution in [2.75, 3.05) is 0 Å². The first-order valence-corrected chi connectivity index (χ1v) is 5.49. The number of rotatable bonds is 1. The summed E-state index contributed by atoms with van der Waals surface area (Å²) in [6.45, 7) is 3.80. The fourth-order valence-corrected chi connectivity index (χ4v) is 2.12. The topological polar surface area (TPSA) is 0 Å². The molecule has 0 nitrogen and oxygen atoms in total. The molecule has 16 heavy (non-hydrogen) atoms. The van der Waals surface area contributed by atoms with E-state index in [2.05, 4.69) is 0 Å². The predicted octanol–water partition coefficient (Wildman–Crippen LogP) is 4.76. The molecule has 0 atom stereocenters. The standard InChI is InChI=1S/C14H12ClF/c1-9-6-7-11(13(16)8-9)14-10(2)4-3-5-12(14)15/h3-8H,1-2H3. The fraction of sp³-hybridized carbons (Fsp3) is 0.143. The van der Waals surface area contributed by atoms with E-state index in [9.17, 15) is 4.39 Å². The van der Waals surface area contributed by atoms with Crippen molar-refractivity contribution in [1.29, 1.82) is 0 Å². The summed E-state index contributed by atoms with van der Waals surface area (Å²) in [4.78, 5) is 0. The Labute approximate surface area is 99.7 Å². The van der Waals surface area contributed by atoms with Gasteiger partial charge in [0.1, 0.15) is 5.82 Å². The number of halogens is 2. The molecule has 0 amide bonds. The molecule has 0 bridgehead atoms. The third kappa shape index (κ3) is 1.96. The molecule has 0 saturated heterocycles. The first-order chi connectivity index (χ1) is 7.59. The normalized spacial score (nSPS) is 10.5. The van der Waals surface area contributed by atoms with Crippen LogP contribution in [0.1, 0.15) is 11.1 Å².